The van der Waals surface area contributed by atoms with Crippen LogP contribution < -0.4 is 0 Å². The van der Waals surface area contributed by atoms with Crippen LogP contribution in [-0.4, -0.2) is 10.2 Å². The van der Waals surface area contributed by atoms with Gasteiger partial charge in [0.15, 0.2) is 0 Å². The summed E-state index contributed by atoms with van der Waals surface area (Å²) < 4.78 is 0. The minimum absolute atomic E-state index is 0.210. The summed E-state index contributed by atoms with van der Waals surface area (Å²) in [7, 11) is 0. The van der Waals surface area contributed by atoms with Gasteiger partial charge >= 0.3 is 0 Å². The molecule has 0 amide bonds. The van der Waals surface area contributed by atoms with Crippen LogP contribution >= 0.6 is 0 Å². The maximum absolute atomic E-state index is 9.98. The molecule has 0 spiro atoms. The highest BCUT2D eigenvalue weighted by Crippen LogP contribution is 2.35. The van der Waals surface area contributed by atoms with Gasteiger partial charge in [-0.1, -0.05) is 24.3 Å². The normalized spacial score (nSPS) is 10.4. The third-order valence-electron chi connectivity index (χ3n) is 2.75. The number of aromatic hydroxyl groups is 2. The summed E-state index contributed by atoms with van der Waals surface area (Å²) in [6, 6.07) is 10.8. The van der Waals surface area contributed by atoms with E-state index in [2.05, 4.69) is 0 Å². The lowest BCUT2D eigenvalue weighted by atomic mass is 9.98. The van der Waals surface area contributed by atoms with Crippen molar-refractivity contribution >= 4 is 0 Å². The molecule has 0 heterocycles. The van der Waals surface area contributed by atoms with Crippen molar-refractivity contribution in [3.8, 4) is 22.6 Å². The van der Waals surface area contributed by atoms with Crippen LogP contribution in [-0.2, 0) is 0 Å². The Bertz CT molecular complexity index is 530. The Morgan fingerprint density at radius 2 is 1.56 bits per heavy atom. The molecule has 82 valence electrons. The zero-order valence-corrected chi connectivity index (χ0v) is 9.36. The molecule has 0 aromatic heterocycles. The maximum Gasteiger partial charge on any atom is 0.126 e. The monoisotopic (exact) mass is 214 g/mol. The first-order chi connectivity index (χ1) is 7.59. The van der Waals surface area contributed by atoms with Crippen LogP contribution in [0.15, 0.2) is 36.4 Å². The van der Waals surface area contributed by atoms with Crippen molar-refractivity contribution in [2.24, 2.45) is 0 Å². The topological polar surface area (TPSA) is 40.5 Å². The van der Waals surface area contributed by atoms with Crippen LogP contribution in [0, 0.1) is 13.8 Å². The Morgan fingerprint density at radius 1 is 0.812 bits per heavy atom. The zero-order valence-electron chi connectivity index (χ0n) is 9.36. The summed E-state index contributed by atoms with van der Waals surface area (Å²) in [5.41, 5.74) is 3.48. The summed E-state index contributed by atoms with van der Waals surface area (Å²) in [5, 5.41) is 19.5. The molecule has 0 unspecified atom stereocenters. The van der Waals surface area contributed by atoms with Gasteiger partial charge in [0.05, 0.1) is 0 Å². The summed E-state index contributed by atoms with van der Waals surface area (Å²) in [5.74, 6) is 0.484. The molecular formula is C14H14O2. The van der Waals surface area contributed by atoms with Gasteiger partial charge in [-0.15, -0.1) is 0 Å². The van der Waals surface area contributed by atoms with Gasteiger partial charge in [0.1, 0.15) is 11.5 Å². The fourth-order valence-corrected chi connectivity index (χ4v) is 1.78. The van der Waals surface area contributed by atoms with E-state index < -0.39 is 0 Å². The average molecular weight is 214 g/mol. The molecular weight excluding hydrogens is 200 g/mol. The van der Waals surface area contributed by atoms with Crippen molar-refractivity contribution in [1.29, 1.82) is 0 Å². The minimum atomic E-state index is 0.210. The second-order valence-corrected chi connectivity index (χ2v) is 3.97. The van der Waals surface area contributed by atoms with E-state index in [-0.39, 0.29) is 11.5 Å². The molecule has 0 bridgehead atoms. The number of aryl methyl sites for hydroxylation is 2. The average Bonchev–Trinajstić information content (AvgIpc) is 2.26. The van der Waals surface area contributed by atoms with Crippen LogP contribution in [0.25, 0.3) is 11.1 Å². The first kappa shape index (κ1) is 10.6. The van der Waals surface area contributed by atoms with Gasteiger partial charge in [-0.05, 0) is 42.7 Å². The molecule has 2 aromatic carbocycles. The number of phenolic OH excluding ortho intramolecular Hbond substituents is 2. The molecule has 0 saturated carbocycles. The maximum atomic E-state index is 9.98. The van der Waals surface area contributed by atoms with E-state index in [4.69, 9.17) is 0 Å². The molecule has 0 aliphatic rings. The smallest absolute Gasteiger partial charge is 0.126 e. The Hall–Kier alpha value is -1.96. The predicted octanol–water partition coefficient (Wildman–Crippen LogP) is 3.38. The van der Waals surface area contributed by atoms with Crippen LogP contribution in [0.1, 0.15) is 11.1 Å². The Balaban J connectivity index is 2.67. The molecule has 2 N–H and O–H groups in total. The number of para-hydroxylation sites is 1. The second kappa shape index (κ2) is 3.89. The van der Waals surface area contributed by atoms with Gasteiger partial charge in [0.2, 0.25) is 0 Å². The van der Waals surface area contributed by atoms with E-state index in [1.54, 1.807) is 12.1 Å². The van der Waals surface area contributed by atoms with Crippen molar-refractivity contribution < 1.29 is 10.2 Å². The summed E-state index contributed by atoms with van der Waals surface area (Å²) in [6.07, 6.45) is 0. The molecule has 2 rings (SSSR count). The van der Waals surface area contributed by atoms with E-state index >= 15 is 0 Å². The lowest BCUT2D eigenvalue weighted by Gasteiger charge is -2.10. The van der Waals surface area contributed by atoms with E-state index in [1.165, 1.54) is 0 Å². The fourth-order valence-electron chi connectivity index (χ4n) is 1.78. The largest absolute Gasteiger partial charge is 0.508 e. The first-order valence-corrected chi connectivity index (χ1v) is 5.18. The summed E-state index contributed by atoms with van der Waals surface area (Å²) in [4.78, 5) is 0. The molecule has 0 radical (unpaired) electrons. The Morgan fingerprint density at radius 3 is 2.31 bits per heavy atom. The highest BCUT2D eigenvalue weighted by Gasteiger charge is 2.09. The number of rotatable bonds is 1. The number of phenols is 2. The van der Waals surface area contributed by atoms with Crippen LogP contribution in [0.2, 0.25) is 0 Å². The van der Waals surface area contributed by atoms with E-state index in [0.29, 0.717) is 0 Å². The van der Waals surface area contributed by atoms with Crippen molar-refractivity contribution in [1.82, 2.24) is 0 Å². The summed E-state index contributed by atoms with van der Waals surface area (Å²) >= 11 is 0. The molecule has 16 heavy (non-hydrogen) atoms. The number of hydrogen-bond donors (Lipinski definition) is 2. The molecule has 0 saturated heterocycles. The number of benzene rings is 2. The molecule has 0 fully saturated rings. The van der Waals surface area contributed by atoms with Crippen molar-refractivity contribution in [3.05, 3.63) is 47.5 Å². The highest BCUT2D eigenvalue weighted by atomic mass is 16.3. The standard InChI is InChI=1S/C14H14O2/c1-9-6-7-11(15)8-13(9)12-5-3-4-10(2)14(12)16/h3-8,15-16H,1-2H3. The fraction of sp³-hybridized carbons (Fsp3) is 0.143. The SMILES string of the molecule is Cc1ccc(O)cc1-c1cccc(C)c1O. The van der Waals surface area contributed by atoms with Gasteiger partial charge in [0.25, 0.3) is 0 Å². The van der Waals surface area contributed by atoms with Crippen LogP contribution in [0.4, 0.5) is 0 Å². The zero-order chi connectivity index (χ0) is 11.7. The van der Waals surface area contributed by atoms with E-state index in [9.17, 15) is 10.2 Å². The Labute approximate surface area is 94.8 Å². The van der Waals surface area contributed by atoms with Gasteiger partial charge in [-0.25, -0.2) is 0 Å². The second-order valence-electron chi connectivity index (χ2n) is 3.97. The molecule has 0 aliphatic heterocycles. The van der Waals surface area contributed by atoms with Crippen LogP contribution in [0.3, 0.4) is 0 Å². The lowest BCUT2D eigenvalue weighted by molar-refractivity contribution is 0.472. The van der Waals surface area contributed by atoms with E-state index in [1.807, 2.05) is 38.1 Å². The highest BCUT2D eigenvalue weighted by molar-refractivity contribution is 5.75. The summed E-state index contributed by atoms with van der Waals surface area (Å²) in [6.45, 7) is 3.81. The van der Waals surface area contributed by atoms with Gasteiger partial charge in [0, 0.05) is 5.56 Å². The molecule has 2 heteroatoms. The quantitative estimate of drug-likeness (QED) is 0.764. The predicted molar refractivity (Wildman–Crippen MR) is 64.7 cm³/mol. The van der Waals surface area contributed by atoms with Crippen molar-refractivity contribution in [2.45, 2.75) is 13.8 Å². The molecule has 0 atom stereocenters. The van der Waals surface area contributed by atoms with E-state index in [0.717, 1.165) is 22.3 Å². The number of hydrogen-bond acceptors (Lipinski definition) is 2. The Kier molecular flexibility index (Phi) is 2.57. The van der Waals surface area contributed by atoms with Gasteiger partial charge < -0.3 is 10.2 Å². The van der Waals surface area contributed by atoms with Crippen molar-refractivity contribution in [3.63, 3.8) is 0 Å². The van der Waals surface area contributed by atoms with Gasteiger partial charge in [-0.3, -0.25) is 0 Å². The molecule has 2 nitrogen and oxygen atoms in total. The lowest BCUT2D eigenvalue weighted by Crippen LogP contribution is -1.85. The first-order valence-electron chi connectivity index (χ1n) is 5.18. The molecule has 2 aromatic rings. The van der Waals surface area contributed by atoms with Crippen molar-refractivity contribution in [2.75, 3.05) is 0 Å². The van der Waals surface area contributed by atoms with Crippen LogP contribution in [0.5, 0.6) is 11.5 Å². The third-order valence-corrected chi connectivity index (χ3v) is 2.75. The minimum Gasteiger partial charge on any atom is -0.508 e. The molecule has 0 aliphatic carbocycles. The third kappa shape index (κ3) is 1.74. The van der Waals surface area contributed by atoms with Gasteiger partial charge in [-0.2, -0.15) is 0 Å².